The minimum Gasteiger partial charge on any atom is -0.480 e. The van der Waals surface area contributed by atoms with E-state index in [4.69, 9.17) is 5.11 Å². The predicted octanol–water partition coefficient (Wildman–Crippen LogP) is 0.783. The molecule has 0 aliphatic carbocycles. The van der Waals surface area contributed by atoms with Gasteiger partial charge in [-0.1, -0.05) is 12.1 Å². The van der Waals surface area contributed by atoms with Crippen LogP contribution in [0.25, 0.3) is 10.9 Å². The van der Waals surface area contributed by atoms with Crippen LogP contribution < -0.4 is 10.9 Å². The van der Waals surface area contributed by atoms with Crippen LogP contribution in [0, 0.1) is 5.92 Å². The maximum atomic E-state index is 12.5. The monoisotopic (exact) mass is 344 g/mol. The third-order valence-corrected chi connectivity index (χ3v) is 4.70. The fourth-order valence-corrected chi connectivity index (χ4v) is 3.42. The van der Waals surface area contributed by atoms with E-state index in [0.717, 1.165) is 44.5 Å². The zero-order valence-corrected chi connectivity index (χ0v) is 14.2. The first-order valence-electron chi connectivity index (χ1n) is 8.72. The summed E-state index contributed by atoms with van der Waals surface area (Å²) in [4.78, 5) is 29.8. The molecule has 1 aliphatic heterocycles. The van der Waals surface area contributed by atoms with E-state index in [-0.39, 0.29) is 12.1 Å². The third kappa shape index (κ3) is 4.64. The van der Waals surface area contributed by atoms with Crippen LogP contribution in [0.3, 0.4) is 0 Å². The number of carboxylic acid groups (broad SMARTS) is 1. The number of carbonyl (C=O) groups is 1. The minimum atomic E-state index is -0.823. The first-order valence-corrected chi connectivity index (χ1v) is 8.72. The molecule has 2 heterocycles. The van der Waals surface area contributed by atoms with E-state index in [2.05, 4.69) is 15.2 Å². The van der Waals surface area contributed by atoms with Crippen molar-refractivity contribution < 1.29 is 9.90 Å². The quantitative estimate of drug-likeness (QED) is 0.772. The van der Waals surface area contributed by atoms with Crippen molar-refractivity contribution in [1.82, 2.24) is 19.8 Å². The molecule has 1 saturated heterocycles. The number of aliphatic carboxylic acids is 1. The molecule has 134 valence electrons. The Hall–Kier alpha value is -2.25. The summed E-state index contributed by atoms with van der Waals surface area (Å²) in [5, 5.41) is 12.3. The van der Waals surface area contributed by atoms with Crippen LogP contribution >= 0.6 is 0 Å². The number of fused-ring (bicyclic) bond motifs is 1. The van der Waals surface area contributed by atoms with Crippen molar-refractivity contribution in [2.45, 2.75) is 19.4 Å². The third-order valence-electron chi connectivity index (χ3n) is 4.70. The number of piperidine rings is 1. The smallest absolute Gasteiger partial charge is 0.317 e. The lowest BCUT2D eigenvalue weighted by atomic mass is 9.98. The first-order chi connectivity index (χ1) is 12.1. The molecule has 0 bridgehead atoms. The highest BCUT2D eigenvalue weighted by molar-refractivity contribution is 5.76. The molecule has 1 atom stereocenters. The van der Waals surface area contributed by atoms with E-state index in [1.807, 2.05) is 24.3 Å². The summed E-state index contributed by atoms with van der Waals surface area (Å²) in [6.07, 6.45) is 3.84. The Morgan fingerprint density at radius 3 is 3.00 bits per heavy atom. The van der Waals surface area contributed by atoms with Crippen molar-refractivity contribution in [3.63, 3.8) is 0 Å². The van der Waals surface area contributed by atoms with E-state index >= 15 is 0 Å². The van der Waals surface area contributed by atoms with Gasteiger partial charge < -0.3 is 15.3 Å². The van der Waals surface area contributed by atoms with Crippen LogP contribution in [-0.2, 0) is 11.3 Å². The van der Waals surface area contributed by atoms with Crippen molar-refractivity contribution in [2.24, 2.45) is 5.92 Å². The Labute approximate surface area is 146 Å². The van der Waals surface area contributed by atoms with Gasteiger partial charge in [-0.05, 0) is 44.0 Å². The van der Waals surface area contributed by atoms with Crippen LogP contribution in [0.1, 0.15) is 12.8 Å². The van der Waals surface area contributed by atoms with Crippen LogP contribution in [0.15, 0.2) is 35.4 Å². The van der Waals surface area contributed by atoms with Gasteiger partial charge in [-0.15, -0.1) is 0 Å². The predicted molar refractivity (Wildman–Crippen MR) is 95.7 cm³/mol. The van der Waals surface area contributed by atoms with E-state index in [9.17, 15) is 9.59 Å². The zero-order valence-electron chi connectivity index (χ0n) is 14.2. The molecule has 7 nitrogen and oxygen atoms in total. The number of para-hydroxylation sites is 1. The fraction of sp³-hybridized carbons (Fsp3) is 0.500. The molecule has 0 spiro atoms. The van der Waals surface area contributed by atoms with Crippen molar-refractivity contribution in [3.05, 3.63) is 40.9 Å². The van der Waals surface area contributed by atoms with Gasteiger partial charge in [-0.3, -0.25) is 14.2 Å². The molecule has 1 unspecified atom stereocenters. The number of carboxylic acids is 1. The Morgan fingerprint density at radius 1 is 1.32 bits per heavy atom. The fourth-order valence-electron chi connectivity index (χ4n) is 3.42. The SMILES string of the molecule is O=C(O)CNCC1CCCN(CCn2cnc3ccccc3c2=O)C1. The van der Waals surface area contributed by atoms with E-state index in [1.54, 1.807) is 10.9 Å². The molecule has 2 aromatic rings. The standard InChI is InChI=1S/C18H24N4O3/c23-17(24)11-19-10-14-4-3-7-21(12-14)8-9-22-13-20-16-6-2-1-5-15(16)18(22)25/h1-2,5-6,13-14,19H,3-4,7-12H2,(H,23,24). The molecular weight excluding hydrogens is 320 g/mol. The number of benzene rings is 1. The molecule has 1 aromatic heterocycles. The molecule has 0 saturated carbocycles. The summed E-state index contributed by atoms with van der Waals surface area (Å²) < 4.78 is 1.68. The summed E-state index contributed by atoms with van der Waals surface area (Å²) in [7, 11) is 0. The second-order valence-electron chi connectivity index (χ2n) is 6.59. The van der Waals surface area contributed by atoms with Crippen LogP contribution in [0.2, 0.25) is 0 Å². The first kappa shape index (κ1) is 17.6. The Balaban J connectivity index is 1.55. The summed E-state index contributed by atoms with van der Waals surface area (Å²) in [6.45, 7) is 4.10. The lowest BCUT2D eigenvalue weighted by Gasteiger charge is -2.32. The van der Waals surface area contributed by atoms with E-state index in [1.165, 1.54) is 0 Å². The van der Waals surface area contributed by atoms with Crippen LogP contribution in [-0.4, -0.2) is 58.3 Å². The number of rotatable bonds is 7. The van der Waals surface area contributed by atoms with E-state index < -0.39 is 5.97 Å². The largest absolute Gasteiger partial charge is 0.480 e. The van der Waals surface area contributed by atoms with Crippen LogP contribution in [0.5, 0.6) is 0 Å². The molecule has 0 amide bonds. The maximum absolute atomic E-state index is 12.5. The number of hydrogen-bond acceptors (Lipinski definition) is 5. The van der Waals surface area contributed by atoms with Gasteiger partial charge in [0.15, 0.2) is 0 Å². The summed E-state index contributed by atoms with van der Waals surface area (Å²) in [5.74, 6) is -0.365. The molecular formula is C18H24N4O3. The highest BCUT2D eigenvalue weighted by atomic mass is 16.4. The maximum Gasteiger partial charge on any atom is 0.317 e. The van der Waals surface area contributed by atoms with Gasteiger partial charge in [0.1, 0.15) is 0 Å². The number of nitrogens with zero attached hydrogens (tertiary/aromatic N) is 3. The Morgan fingerprint density at radius 2 is 2.16 bits per heavy atom. The number of nitrogens with one attached hydrogen (secondary N) is 1. The van der Waals surface area contributed by atoms with Crippen LogP contribution in [0.4, 0.5) is 0 Å². The molecule has 7 heteroatoms. The number of hydrogen-bond donors (Lipinski definition) is 2. The van der Waals surface area contributed by atoms with Crippen molar-refractivity contribution >= 4 is 16.9 Å². The van der Waals surface area contributed by atoms with Crippen molar-refractivity contribution in [3.8, 4) is 0 Å². The molecule has 1 aromatic carbocycles. The summed E-state index contributed by atoms with van der Waals surface area (Å²) in [6, 6.07) is 7.40. The highest BCUT2D eigenvalue weighted by Gasteiger charge is 2.19. The highest BCUT2D eigenvalue weighted by Crippen LogP contribution is 2.15. The van der Waals surface area contributed by atoms with E-state index in [0.29, 0.717) is 17.8 Å². The molecule has 3 rings (SSSR count). The number of aromatic nitrogens is 2. The second kappa shape index (κ2) is 8.22. The number of likely N-dealkylation sites (tertiary alicyclic amines) is 1. The molecule has 0 radical (unpaired) electrons. The topological polar surface area (TPSA) is 87.5 Å². The van der Waals surface area contributed by atoms with Crippen molar-refractivity contribution in [1.29, 1.82) is 0 Å². The lowest BCUT2D eigenvalue weighted by Crippen LogP contribution is -2.42. The van der Waals surface area contributed by atoms with Gasteiger partial charge >= 0.3 is 5.97 Å². The van der Waals surface area contributed by atoms with Gasteiger partial charge in [-0.2, -0.15) is 0 Å². The molecule has 2 N–H and O–H groups in total. The summed E-state index contributed by atoms with van der Waals surface area (Å²) in [5.41, 5.74) is 0.730. The second-order valence-corrected chi connectivity index (χ2v) is 6.59. The molecule has 1 fully saturated rings. The van der Waals surface area contributed by atoms with Crippen molar-refractivity contribution in [2.75, 3.05) is 32.7 Å². The van der Waals surface area contributed by atoms with Gasteiger partial charge in [0, 0.05) is 19.6 Å². The average molecular weight is 344 g/mol. The summed E-state index contributed by atoms with van der Waals surface area (Å²) >= 11 is 0. The Kier molecular flexibility index (Phi) is 5.78. The zero-order chi connectivity index (χ0) is 17.6. The lowest BCUT2D eigenvalue weighted by molar-refractivity contribution is -0.136. The average Bonchev–Trinajstić information content (AvgIpc) is 2.61. The molecule has 25 heavy (non-hydrogen) atoms. The van der Waals surface area contributed by atoms with Gasteiger partial charge in [0.2, 0.25) is 0 Å². The Bertz CT molecular complexity index is 789. The van der Waals surface area contributed by atoms with Gasteiger partial charge in [0.25, 0.3) is 5.56 Å². The molecule has 1 aliphatic rings. The minimum absolute atomic E-state index is 0.00212. The van der Waals surface area contributed by atoms with Gasteiger partial charge in [0.05, 0.1) is 23.8 Å². The normalized spacial score (nSPS) is 18.5. The van der Waals surface area contributed by atoms with Gasteiger partial charge in [-0.25, -0.2) is 4.98 Å².